The summed E-state index contributed by atoms with van der Waals surface area (Å²) in [6.45, 7) is 6.05. The molecule has 1 saturated carbocycles. The van der Waals surface area contributed by atoms with Crippen molar-refractivity contribution < 1.29 is 4.79 Å². The summed E-state index contributed by atoms with van der Waals surface area (Å²) in [6, 6.07) is 0. The van der Waals surface area contributed by atoms with E-state index in [4.69, 9.17) is 5.73 Å². The number of rotatable bonds is 6. The van der Waals surface area contributed by atoms with Crippen molar-refractivity contribution >= 4 is 28.2 Å². The summed E-state index contributed by atoms with van der Waals surface area (Å²) in [7, 11) is 1.98. The molecule has 1 heterocycles. The summed E-state index contributed by atoms with van der Waals surface area (Å²) in [5, 5.41) is 3.83. The summed E-state index contributed by atoms with van der Waals surface area (Å²) in [6.07, 6.45) is 4.74. The molecule has 1 aromatic heterocycles. The van der Waals surface area contributed by atoms with Gasteiger partial charge in [-0.2, -0.15) is 0 Å². The van der Waals surface area contributed by atoms with E-state index < -0.39 is 0 Å². The molecule has 3 N–H and O–H groups in total. The van der Waals surface area contributed by atoms with Crippen LogP contribution in [0.5, 0.6) is 0 Å². The van der Waals surface area contributed by atoms with Gasteiger partial charge >= 0.3 is 0 Å². The van der Waals surface area contributed by atoms with Crippen LogP contribution in [0.4, 0.5) is 10.9 Å². The minimum absolute atomic E-state index is 0.0827. The Morgan fingerprint density at radius 2 is 2.29 bits per heavy atom. The molecule has 0 aromatic carbocycles. The van der Waals surface area contributed by atoms with E-state index in [9.17, 15) is 4.79 Å². The average Bonchev–Trinajstić information content (AvgIpc) is 3.02. The molecule has 0 radical (unpaired) electrons. The van der Waals surface area contributed by atoms with Crippen molar-refractivity contribution in [3.05, 3.63) is 4.88 Å². The highest BCUT2D eigenvalue weighted by Crippen LogP contribution is 2.30. The number of nitrogens with zero attached hydrogens (tertiary/aromatic N) is 2. The third-order valence-electron chi connectivity index (χ3n) is 4.09. The molecule has 21 heavy (non-hydrogen) atoms. The maximum absolute atomic E-state index is 12.3. The zero-order valence-electron chi connectivity index (χ0n) is 13.2. The van der Waals surface area contributed by atoms with Crippen LogP contribution >= 0.6 is 11.3 Å². The third-order valence-corrected chi connectivity index (χ3v) is 5.27. The summed E-state index contributed by atoms with van der Waals surface area (Å²) in [5.41, 5.74) is 5.89. The lowest BCUT2D eigenvalue weighted by atomic mass is 10.1. The first-order valence-electron chi connectivity index (χ1n) is 7.76. The van der Waals surface area contributed by atoms with Gasteiger partial charge in [0.15, 0.2) is 5.13 Å². The SMILES string of the molecule is CCCN(C)c1nc(N)c(C(=O)NCC2CCC(C)C2)s1. The van der Waals surface area contributed by atoms with Crippen LogP contribution in [0.15, 0.2) is 0 Å². The number of nitrogens with two attached hydrogens (primary N) is 1. The van der Waals surface area contributed by atoms with E-state index >= 15 is 0 Å². The molecule has 0 aliphatic heterocycles. The standard InChI is InChI=1S/C15H26N4OS/c1-4-7-19(3)15-18-13(16)12(21-15)14(20)17-9-11-6-5-10(2)8-11/h10-11H,4-9,16H2,1-3H3,(H,17,20). The fourth-order valence-electron chi connectivity index (χ4n) is 2.90. The number of hydrogen-bond acceptors (Lipinski definition) is 5. The Bertz CT molecular complexity index is 488. The molecule has 2 atom stereocenters. The maximum atomic E-state index is 12.3. The number of carbonyl (C=O) groups is 1. The third kappa shape index (κ3) is 4.09. The summed E-state index contributed by atoms with van der Waals surface area (Å²) in [4.78, 5) is 19.1. The molecule has 6 heteroatoms. The minimum Gasteiger partial charge on any atom is -0.382 e. The molecule has 1 aromatic rings. The lowest BCUT2D eigenvalue weighted by Gasteiger charge is -2.13. The highest BCUT2D eigenvalue weighted by Gasteiger charge is 2.23. The summed E-state index contributed by atoms with van der Waals surface area (Å²) >= 11 is 1.38. The summed E-state index contributed by atoms with van der Waals surface area (Å²) in [5.74, 6) is 1.66. The zero-order chi connectivity index (χ0) is 15.4. The van der Waals surface area contributed by atoms with Crippen LogP contribution in [0.25, 0.3) is 0 Å². The van der Waals surface area contributed by atoms with E-state index in [-0.39, 0.29) is 5.91 Å². The number of nitrogens with one attached hydrogen (secondary N) is 1. The smallest absolute Gasteiger partial charge is 0.265 e. The molecule has 1 amide bonds. The van der Waals surface area contributed by atoms with E-state index in [1.54, 1.807) is 0 Å². The molecule has 1 fully saturated rings. The lowest BCUT2D eigenvalue weighted by Crippen LogP contribution is -2.28. The van der Waals surface area contributed by atoms with Crippen LogP contribution in [0.1, 0.15) is 49.2 Å². The van der Waals surface area contributed by atoms with Crippen molar-refractivity contribution in [1.29, 1.82) is 0 Å². The molecule has 118 valence electrons. The van der Waals surface area contributed by atoms with E-state index in [0.717, 1.165) is 30.6 Å². The quantitative estimate of drug-likeness (QED) is 0.847. The van der Waals surface area contributed by atoms with Gasteiger partial charge in [-0.3, -0.25) is 4.79 Å². The van der Waals surface area contributed by atoms with Crippen molar-refractivity contribution in [1.82, 2.24) is 10.3 Å². The van der Waals surface area contributed by atoms with Gasteiger partial charge in [0.2, 0.25) is 0 Å². The highest BCUT2D eigenvalue weighted by molar-refractivity contribution is 7.18. The lowest BCUT2D eigenvalue weighted by molar-refractivity contribution is 0.0952. The van der Waals surface area contributed by atoms with Gasteiger partial charge in [-0.1, -0.05) is 31.6 Å². The van der Waals surface area contributed by atoms with Crippen molar-refractivity contribution in [2.24, 2.45) is 11.8 Å². The number of hydrogen-bond donors (Lipinski definition) is 2. The van der Waals surface area contributed by atoms with Gasteiger partial charge in [-0.05, 0) is 31.1 Å². The predicted octanol–water partition coefficient (Wildman–Crippen LogP) is 2.74. The van der Waals surface area contributed by atoms with Crippen molar-refractivity contribution in [3.63, 3.8) is 0 Å². The van der Waals surface area contributed by atoms with Gasteiger partial charge in [0.1, 0.15) is 10.7 Å². The van der Waals surface area contributed by atoms with Gasteiger partial charge in [0.05, 0.1) is 0 Å². The van der Waals surface area contributed by atoms with Crippen molar-refractivity contribution in [2.45, 2.75) is 39.5 Å². The van der Waals surface area contributed by atoms with E-state index in [2.05, 4.69) is 24.1 Å². The fraction of sp³-hybridized carbons (Fsp3) is 0.733. The largest absolute Gasteiger partial charge is 0.382 e. The van der Waals surface area contributed by atoms with Crippen LogP contribution in [0.3, 0.4) is 0 Å². The van der Waals surface area contributed by atoms with Gasteiger partial charge in [0.25, 0.3) is 5.91 Å². The predicted molar refractivity (Wildman–Crippen MR) is 88.9 cm³/mol. The number of aromatic nitrogens is 1. The second-order valence-electron chi connectivity index (χ2n) is 6.13. The fourth-order valence-corrected chi connectivity index (χ4v) is 3.79. The Morgan fingerprint density at radius 3 is 2.90 bits per heavy atom. The van der Waals surface area contributed by atoms with Crippen molar-refractivity contribution in [3.8, 4) is 0 Å². The van der Waals surface area contributed by atoms with E-state index in [1.165, 1.54) is 30.6 Å². The Labute approximate surface area is 130 Å². The first-order chi connectivity index (χ1) is 10.0. The Kier molecular flexibility index (Phi) is 5.45. The van der Waals surface area contributed by atoms with Crippen LogP contribution in [-0.2, 0) is 0 Å². The van der Waals surface area contributed by atoms with Gasteiger partial charge in [-0.25, -0.2) is 4.98 Å². The molecule has 0 spiro atoms. The van der Waals surface area contributed by atoms with Crippen LogP contribution in [0, 0.1) is 11.8 Å². The van der Waals surface area contributed by atoms with Gasteiger partial charge in [0, 0.05) is 20.1 Å². The maximum Gasteiger partial charge on any atom is 0.265 e. The monoisotopic (exact) mass is 310 g/mol. The topological polar surface area (TPSA) is 71.2 Å². The van der Waals surface area contributed by atoms with Crippen molar-refractivity contribution in [2.75, 3.05) is 30.8 Å². The number of thiazole rings is 1. The normalized spacial score (nSPS) is 21.5. The van der Waals surface area contributed by atoms with Gasteiger partial charge < -0.3 is 16.0 Å². The van der Waals surface area contributed by atoms with E-state index in [0.29, 0.717) is 16.6 Å². The zero-order valence-corrected chi connectivity index (χ0v) is 14.0. The Morgan fingerprint density at radius 1 is 1.52 bits per heavy atom. The minimum atomic E-state index is -0.0827. The number of nitrogen functional groups attached to an aromatic ring is 1. The van der Waals surface area contributed by atoms with Gasteiger partial charge in [-0.15, -0.1) is 0 Å². The first-order valence-corrected chi connectivity index (χ1v) is 8.58. The number of carbonyl (C=O) groups excluding carboxylic acids is 1. The van der Waals surface area contributed by atoms with Crippen LogP contribution in [0.2, 0.25) is 0 Å². The average molecular weight is 310 g/mol. The van der Waals surface area contributed by atoms with Crippen LogP contribution in [-0.4, -0.2) is 31.0 Å². The molecule has 2 rings (SSSR count). The number of amides is 1. The molecule has 1 aliphatic carbocycles. The second kappa shape index (κ2) is 7.11. The Balaban J connectivity index is 1.92. The first kappa shape index (κ1) is 16.1. The summed E-state index contributed by atoms with van der Waals surface area (Å²) < 4.78 is 0. The van der Waals surface area contributed by atoms with E-state index in [1.807, 2.05) is 11.9 Å². The molecule has 5 nitrogen and oxygen atoms in total. The molecule has 0 saturated heterocycles. The molecule has 2 unspecified atom stereocenters. The second-order valence-corrected chi connectivity index (χ2v) is 7.10. The number of anilines is 2. The molecular weight excluding hydrogens is 284 g/mol. The highest BCUT2D eigenvalue weighted by atomic mass is 32.1. The Hall–Kier alpha value is -1.30. The molecule has 0 bridgehead atoms. The molecule has 1 aliphatic rings. The van der Waals surface area contributed by atoms with Crippen LogP contribution < -0.4 is 16.0 Å². The molecular formula is C15H26N4OS.